The molecule has 0 unspecified atom stereocenters. The lowest BCUT2D eigenvalue weighted by Crippen LogP contribution is -2.34. The molecule has 2 nitrogen and oxygen atoms in total. The quantitative estimate of drug-likeness (QED) is 0.742. The third-order valence-corrected chi connectivity index (χ3v) is 3.50. The maximum absolute atomic E-state index is 4.47. The highest BCUT2D eigenvalue weighted by molar-refractivity contribution is 9.11. The van der Waals surface area contributed by atoms with Crippen molar-refractivity contribution < 1.29 is 0 Å². The van der Waals surface area contributed by atoms with Crippen LogP contribution in [0, 0.1) is 0 Å². The molecule has 0 bridgehead atoms. The summed E-state index contributed by atoms with van der Waals surface area (Å²) in [6.45, 7) is 3.63. The first kappa shape index (κ1) is 10.4. The van der Waals surface area contributed by atoms with Crippen LogP contribution in [0.4, 0.5) is 0 Å². The zero-order valence-corrected chi connectivity index (χ0v) is 10.1. The SMILES string of the molecule is BrC1=CN=C(CN2CCCCC2)CC1. The number of piperidine rings is 1. The summed E-state index contributed by atoms with van der Waals surface area (Å²) in [5.74, 6) is 0. The number of hydrogen-bond acceptors (Lipinski definition) is 2. The maximum atomic E-state index is 4.47. The van der Waals surface area contributed by atoms with E-state index in [1.54, 1.807) is 0 Å². The minimum atomic E-state index is 1.09. The van der Waals surface area contributed by atoms with Gasteiger partial charge < -0.3 is 0 Å². The summed E-state index contributed by atoms with van der Waals surface area (Å²) in [4.78, 5) is 7.01. The molecule has 1 saturated heterocycles. The molecule has 0 aromatic heterocycles. The van der Waals surface area contributed by atoms with Gasteiger partial charge in [-0.05, 0) is 38.8 Å². The molecule has 0 aliphatic carbocycles. The molecule has 78 valence electrons. The van der Waals surface area contributed by atoms with Crippen molar-refractivity contribution in [2.24, 2.45) is 4.99 Å². The summed E-state index contributed by atoms with van der Waals surface area (Å²) in [6.07, 6.45) is 8.37. The predicted molar refractivity (Wildman–Crippen MR) is 64.0 cm³/mol. The van der Waals surface area contributed by atoms with E-state index in [0.717, 1.165) is 19.4 Å². The van der Waals surface area contributed by atoms with Crippen molar-refractivity contribution in [1.29, 1.82) is 0 Å². The number of hydrogen-bond donors (Lipinski definition) is 0. The molecule has 0 spiro atoms. The first-order chi connectivity index (χ1) is 6.84. The Labute approximate surface area is 94.2 Å². The Bertz CT molecular complexity index is 252. The van der Waals surface area contributed by atoms with Crippen LogP contribution in [0.3, 0.4) is 0 Å². The van der Waals surface area contributed by atoms with Crippen LogP contribution in [0.5, 0.6) is 0 Å². The number of halogens is 1. The molecule has 0 amide bonds. The molecule has 2 rings (SSSR count). The molecule has 14 heavy (non-hydrogen) atoms. The Morgan fingerprint density at radius 3 is 2.64 bits per heavy atom. The third kappa shape index (κ3) is 2.92. The Morgan fingerprint density at radius 2 is 2.00 bits per heavy atom. The molecule has 0 aromatic rings. The highest BCUT2D eigenvalue weighted by Gasteiger charge is 2.13. The molecule has 0 saturated carbocycles. The molecule has 2 heterocycles. The minimum absolute atomic E-state index is 1.09. The van der Waals surface area contributed by atoms with Crippen LogP contribution >= 0.6 is 15.9 Å². The van der Waals surface area contributed by atoms with Crippen molar-refractivity contribution in [2.75, 3.05) is 19.6 Å². The van der Waals surface area contributed by atoms with E-state index in [1.165, 1.54) is 42.5 Å². The lowest BCUT2D eigenvalue weighted by molar-refractivity contribution is 0.257. The lowest BCUT2D eigenvalue weighted by atomic mass is 10.1. The number of rotatable bonds is 2. The smallest absolute Gasteiger partial charge is 0.0369 e. The van der Waals surface area contributed by atoms with Crippen molar-refractivity contribution in [3.8, 4) is 0 Å². The van der Waals surface area contributed by atoms with E-state index in [1.807, 2.05) is 6.20 Å². The number of likely N-dealkylation sites (tertiary alicyclic amines) is 1. The van der Waals surface area contributed by atoms with Gasteiger partial charge in [-0.2, -0.15) is 0 Å². The molecule has 0 radical (unpaired) electrons. The van der Waals surface area contributed by atoms with Gasteiger partial charge in [-0.15, -0.1) is 0 Å². The second kappa shape index (κ2) is 5.08. The molecule has 0 atom stereocenters. The average Bonchev–Trinajstić information content (AvgIpc) is 2.23. The standard InChI is InChI=1S/C11H17BrN2/c12-10-4-5-11(13-8-10)9-14-6-2-1-3-7-14/h8H,1-7,9H2. The number of aliphatic imine (C=N–C) groups is 1. The zero-order valence-electron chi connectivity index (χ0n) is 8.51. The van der Waals surface area contributed by atoms with Crippen molar-refractivity contribution in [1.82, 2.24) is 4.90 Å². The van der Waals surface area contributed by atoms with Gasteiger partial charge in [0.1, 0.15) is 0 Å². The van der Waals surface area contributed by atoms with Crippen LogP contribution in [0.2, 0.25) is 0 Å². The Morgan fingerprint density at radius 1 is 1.21 bits per heavy atom. The average molecular weight is 257 g/mol. The van der Waals surface area contributed by atoms with Crippen LogP contribution < -0.4 is 0 Å². The largest absolute Gasteiger partial charge is 0.298 e. The van der Waals surface area contributed by atoms with Crippen LogP contribution in [-0.4, -0.2) is 30.2 Å². The molecule has 0 N–H and O–H groups in total. The van der Waals surface area contributed by atoms with Gasteiger partial charge in [0.05, 0.1) is 0 Å². The fraction of sp³-hybridized carbons (Fsp3) is 0.727. The molecule has 0 aromatic carbocycles. The summed E-state index contributed by atoms with van der Waals surface area (Å²) < 4.78 is 1.24. The second-order valence-corrected chi connectivity index (χ2v) is 5.13. The van der Waals surface area contributed by atoms with Crippen LogP contribution in [0.1, 0.15) is 32.1 Å². The summed E-state index contributed by atoms with van der Waals surface area (Å²) in [7, 11) is 0. The minimum Gasteiger partial charge on any atom is -0.298 e. The first-order valence-corrected chi connectivity index (χ1v) is 6.26. The van der Waals surface area contributed by atoms with Crippen LogP contribution in [0.15, 0.2) is 15.7 Å². The van der Waals surface area contributed by atoms with Gasteiger partial charge in [-0.1, -0.05) is 22.4 Å². The number of allylic oxidation sites excluding steroid dienone is 1. The lowest BCUT2D eigenvalue weighted by Gasteiger charge is -2.27. The molecule has 3 heteroatoms. The predicted octanol–water partition coefficient (Wildman–Crippen LogP) is 2.94. The highest BCUT2D eigenvalue weighted by Crippen LogP contribution is 2.19. The fourth-order valence-electron chi connectivity index (χ4n) is 2.05. The van der Waals surface area contributed by atoms with E-state index in [2.05, 4.69) is 25.8 Å². The van der Waals surface area contributed by atoms with Gasteiger partial charge in [-0.25, -0.2) is 0 Å². The van der Waals surface area contributed by atoms with Crippen LogP contribution in [0.25, 0.3) is 0 Å². The zero-order chi connectivity index (χ0) is 9.80. The molecular formula is C11H17BrN2. The van der Waals surface area contributed by atoms with Crippen LogP contribution in [-0.2, 0) is 0 Å². The van der Waals surface area contributed by atoms with Gasteiger partial charge >= 0.3 is 0 Å². The van der Waals surface area contributed by atoms with Crippen molar-refractivity contribution in [3.05, 3.63) is 10.7 Å². The summed E-state index contributed by atoms with van der Waals surface area (Å²) >= 11 is 3.48. The van der Waals surface area contributed by atoms with E-state index in [4.69, 9.17) is 0 Å². The van der Waals surface area contributed by atoms with E-state index in [0.29, 0.717) is 0 Å². The Kier molecular flexibility index (Phi) is 3.76. The van der Waals surface area contributed by atoms with Gasteiger partial charge in [0.2, 0.25) is 0 Å². The summed E-state index contributed by atoms with van der Waals surface area (Å²) in [5, 5.41) is 0. The molecule has 1 fully saturated rings. The van der Waals surface area contributed by atoms with Crippen molar-refractivity contribution in [2.45, 2.75) is 32.1 Å². The Balaban J connectivity index is 1.84. The normalized spacial score (nSPS) is 24.4. The van der Waals surface area contributed by atoms with Gasteiger partial charge in [0, 0.05) is 22.9 Å². The van der Waals surface area contributed by atoms with E-state index < -0.39 is 0 Å². The first-order valence-electron chi connectivity index (χ1n) is 5.47. The summed E-state index contributed by atoms with van der Waals surface area (Å²) in [6, 6.07) is 0. The number of nitrogens with zero attached hydrogens (tertiary/aromatic N) is 2. The molecule has 2 aliphatic rings. The van der Waals surface area contributed by atoms with E-state index >= 15 is 0 Å². The maximum Gasteiger partial charge on any atom is 0.0369 e. The van der Waals surface area contributed by atoms with Gasteiger partial charge in [0.15, 0.2) is 0 Å². The van der Waals surface area contributed by atoms with E-state index in [9.17, 15) is 0 Å². The van der Waals surface area contributed by atoms with Crippen molar-refractivity contribution in [3.63, 3.8) is 0 Å². The van der Waals surface area contributed by atoms with Crippen molar-refractivity contribution >= 4 is 21.6 Å². The molecule has 2 aliphatic heterocycles. The second-order valence-electron chi connectivity index (χ2n) is 4.11. The fourth-order valence-corrected chi connectivity index (χ4v) is 2.35. The monoisotopic (exact) mass is 256 g/mol. The van der Waals surface area contributed by atoms with E-state index in [-0.39, 0.29) is 0 Å². The summed E-state index contributed by atoms with van der Waals surface area (Å²) in [5.41, 5.74) is 1.36. The highest BCUT2D eigenvalue weighted by atomic mass is 79.9. The third-order valence-electron chi connectivity index (χ3n) is 2.89. The molecular weight excluding hydrogens is 240 g/mol. The Hall–Kier alpha value is -0.150. The van der Waals surface area contributed by atoms with Gasteiger partial charge in [0.25, 0.3) is 0 Å². The van der Waals surface area contributed by atoms with Gasteiger partial charge in [-0.3, -0.25) is 9.89 Å². The topological polar surface area (TPSA) is 15.6 Å².